The summed E-state index contributed by atoms with van der Waals surface area (Å²) in [7, 11) is 3.56. The number of amides is 1. The molecule has 2 heterocycles. The van der Waals surface area contributed by atoms with Gasteiger partial charge >= 0.3 is 0 Å². The van der Waals surface area contributed by atoms with Crippen LogP contribution in [0.5, 0.6) is 0 Å². The molecule has 184 valence electrons. The molecule has 8 heteroatoms. The topological polar surface area (TPSA) is 69.2 Å². The number of aliphatic imine (C=N–C) groups is 1. The number of likely N-dealkylation sites (N-methyl/N-ethyl adjacent to an activating group) is 1. The van der Waals surface area contributed by atoms with E-state index in [0.29, 0.717) is 18.0 Å². The number of hydrogen-bond acceptors (Lipinski definition) is 4. The van der Waals surface area contributed by atoms with Crippen molar-refractivity contribution in [2.45, 2.75) is 50.6 Å². The molecular weight excluding hydrogens is 529 g/mol. The zero-order chi connectivity index (χ0) is 22.3. The average Bonchev–Trinajstić information content (AvgIpc) is 3.31. The smallest absolute Gasteiger partial charge is 0.243 e. The summed E-state index contributed by atoms with van der Waals surface area (Å²) in [4.78, 5) is 21.0. The van der Waals surface area contributed by atoms with Crippen LogP contribution >= 0.6 is 24.0 Å². The number of carbonyl (C=O) groups is 1. The molecule has 1 aromatic carbocycles. The fraction of sp³-hybridized carbons (Fsp3) is 0.680. The minimum absolute atomic E-state index is 0. The van der Waals surface area contributed by atoms with Crippen molar-refractivity contribution >= 4 is 35.8 Å². The van der Waals surface area contributed by atoms with Crippen LogP contribution in [0.25, 0.3) is 0 Å². The molecule has 3 aliphatic rings. The number of benzene rings is 1. The summed E-state index contributed by atoms with van der Waals surface area (Å²) in [6, 6.07) is 9.44. The standard InChI is InChI=1S/C25H39N5O2.HI/c1-29(2)24(31)16-26-25(28-23-8-7-20-5-3-4-6-21(20)15-23)27-22-9-12-30(13-10-22)17-19-11-14-32-18-19;/h3-6,19,22-23H,7-18H2,1-2H3,(H2,26,27,28);1H. The van der Waals surface area contributed by atoms with E-state index in [0.717, 1.165) is 70.9 Å². The van der Waals surface area contributed by atoms with Gasteiger partial charge in [-0.15, -0.1) is 24.0 Å². The van der Waals surface area contributed by atoms with Crippen LogP contribution in [0, 0.1) is 5.92 Å². The number of nitrogens with one attached hydrogen (secondary N) is 2. The average molecular weight is 570 g/mol. The highest BCUT2D eigenvalue weighted by atomic mass is 127. The minimum atomic E-state index is 0. The number of guanidine groups is 1. The highest BCUT2D eigenvalue weighted by Gasteiger charge is 2.25. The van der Waals surface area contributed by atoms with Crippen LogP contribution in [-0.4, -0.2) is 87.2 Å². The third kappa shape index (κ3) is 7.82. The summed E-state index contributed by atoms with van der Waals surface area (Å²) < 4.78 is 5.54. The molecule has 1 aromatic rings. The number of aryl methyl sites for hydroxylation is 1. The van der Waals surface area contributed by atoms with Gasteiger partial charge in [-0.05, 0) is 55.6 Å². The lowest BCUT2D eigenvalue weighted by Crippen LogP contribution is -2.52. The van der Waals surface area contributed by atoms with E-state index in [9.17, 15) is 4.79 Å². The first-order valence-corrected chi connectivity index (χ1v) is 12.2. The maximum Gasteiger partial charge on any atom is 0.243 e. The number of hydrogen-bond donors (Lipinski definition) is 2. The van der Waals surface area contributed by atoms with Gasteiger partial charge < -0.3 is 25.2 Å². The van der Waals surface area contributed by atoms with Gasteiger partial charge in [0.25, 0.3) is 0 Å². The maximum atomic E-state index is 12.1. The zero-order valence-corrected chi connectivity index (χ0v) is 22.4. The fourth-order valence-corrected chi connectivity index (χ4v) is 4.98. The Bertz CT molecular complexity index is 789. The van der Waals surface area contributed by atoms with Crippen molar-refractivity contribution < 1.29 is 9.53 Å². The van der Waals surface area contributed by atoms with Gasteiger partial charge in [-0.1, -0.05) is 24.3 Å². The van der Waals surface area contributed by atoms with Gasteiger partial charge in [-0.25, -0.2) is 4.99 Å². The van der Waals surface area contributed by atoms with Crippen molar-refractivity contribution in [3.8, 4) is 0 Å². The van der Waals surface area contributed by atoms with Crippen LogP contribution in [0.2, 0.25) is 0 Å². The normalized spacial score (nSPS) is 24.0. The van der Waals surface area contributed by atoms with Gasteiger partial charge in [0.05, 0.1) is 6.61 Å². The van der Waals surface area contributed by atoms with Crippen LogP contribution in [0.1, 0.15) is 36.8 Å². The van der Waals surface area contributed by atoms with E-state index in [1.165, 1.54) is 17.5 Å². The third-order valence-corrected chi connectivity index (χ3v) is 7.03. The molecule has 0 radical (unpaired) electrons. The number of nitrogens with zero attached hydrogens (tertiary/aromatic N) is 3. The SMILES string of the molecule is CN(C)C(=O)CN=C(NC1CCN(CC2CCOC2)CC1)NC1CCc2ccccc2C1.I. The summed E-state index contributed by atoms with van der Waals surface area (Å²) in [6.45, 7) is 5.38. The van der Waals surface area contributed by atoms with E-state index in [2.05, 4.69) is 44.8 Å². The zero-order valence-electron chi connectivity index (χ0n) is 20.1. The predicted molar refractivity (Wildman–Crippen MR) is 143 cm³/mol. The molecule has 1 amide bonds. The summed E-state index contributed by atoms with van der Waals surface area (Å²) in [5.74, 6) is 1.51. The number of likely N-dealkylation sites (tertiary alicyclic amines) is 1. The van der Waals surface area contributed by atoms with Crippen LogP contribution < -0.4 is 10.6 Å². The van der Waals surface area contributed by atoms with E-state index in [1.54, 1.807) is 19.0 Å². The van der Waals surface area contributed by atoms with E-state index < -0.39 is 0 Å². The van der Waals surface area contributed by atoms with Gasteiger partial charge in [-0.3, -0.25) is 4.79 Å². The van der Waals surface area contributed by atoms with E-state index in [4.69, 9.17) is 4.74 Å². The molecule has 0 saturated carbocycles. The van der Waals surface area contributed by atoms with Crippen LogP contribution in [-0.2, 0) is 22.4 Å². The minimum Gasteiger partial charge on any atom is -0.381 e. The Balaban J connectivity index is 0.00000306. The monoisotopic (exact) mass is 569 g/mol. The lowest BCUT2D eigenvalue weighted by atomic mass is 9.88. The molecular formula is C25H40IN5O2. The van der Waals surface area contributed by atoms with Crippen molar-refractivity contribution in [2.75, 3.05) is 53.5 Å². The molecule has 7 nitrogen and oxygen atoms in total. The highest BCUT2D eigenvalue weighted by Crippen LogP contribution is 2.21. The Morgan fingerprint density at radius 2 is 1.82 bits per heavy atom. The van der Waals surface area contributed by atoms with Crippen molar-refractivity contribution in [1.82, 2.24) is 20.4 Å². The molecule has 0 bridgehead atoms. The number of rotatable bonds is 6. The molecule has 2 atom stereocenters. The van der Waals surface area contributed by atoms with E-state index >= 15 is 0 Å². The number of ether oxygens (including phenoxy) is 1. The number of fused-ring (bicyclic) bond motifs is 1. The predicted octanol–water partition coefficient (Wildman–Crippen LogP) is 2.29. The molecule has 1 aliphatic carbocycles. The Morgan fingerprint density at radius 1 is 1.09 bits per heavy atom. The van der Waals surface area contributed by atoms with Gasteiger partial charge in [0.2, 0.25) is 5.91 Å². The van der Waals surface area contributed by atoms with Crippen LogP contribution in [0.4, 0.5) is 0 Å². The van der Waals surface area contributed by atoms with Crippen molar-refractivity contribution in [3.63, 3.8) is 0 Å². The Hall–Kier alpha value is -1.39. The van der Waals surface area contributed by atoms with Gasteiger partial charge in [-0.2, -0.15) is 0 Å². The lowest BCUT2D eigenvalue weighted by Gasteiger charge is -2.35. The third-order valence-electron chi connectivity index (χ3n) is 7.03. The largest absolute Gasteiger partial charge is 0.381 e. The van der Waals surface area contributed by atoms with Gasteiger partial charge in [0.1, 0.15) is 6.54 Å². The number of carbonyl (C=O) groups excluding carboxylic acids is 1. The molecule has 2 aliphatic heterocycles. The van der Waals surface area contributed by atoms with Crippen LogP contribution in [0.3, 0.4) is 0 Å². The van der Waals surface area contributed by atoms with Gasteiger partial charge in [0, 0.05) is 52.4 Å². The van der Waals surface area contributed by atoms with Crippen molar-refractivity contribution in [3.05, 3.63) is 35.4 Å². The molecule has 33 heavy (non-hydrogen) atoms. The fourth-order valence-electron chi connectivity index (χ4n) is 4.98. The molecule has 0 spiro atoms. The van der Waals surface area contributed by atoms with Crippen LogP contribution in [0.15, 0.2) is 29.3 Å². The number of halogens is 1. The second-order valence-corrected chi connectivity index (χ2v) is 9.75. The quantitative estimate of drug-likeness (QED) is 0.313. The molecule has 0 aromatic heterocycles. The Labute approximate surface area is 215 Å². The van der Waals surface area contributed by atoms with E-state index in [-0.39, 0.29) is 36.4 Å². The molecule has 2 unspecified atom stereocenters. The second kappa shape index (κ2) is 12.9. The molecule has 2 saturated heterocycles. The lowest BCUT2D eigenvalue weighted by molar-refractivity contribution is -0.127. The summed E-state index contributed by atoms with van der Waals surface area (Å²) in [5.41, 5.74) is 2.88. The van der Waals surface area contributed by atoms with Gasteiger partial charge in [0.15, 0.2) is 5.96 Å². The summed E-state index contributed by atoms with van der Waals surface area (Å²) in [6.07, 6.45) is 6.57. The first-order valence-electron chi connectivity index (χ1n) is 12.2. The first kappa shape index (κ1) is 26.2. The van der Waals surface area contributed by atoms with E-state index in [1.807, 2.05) is 0 Å². The summed E-state index contributed by atoms with van der Waals surface area (Å²) >= 11 is 0. The van der Waals surface area contributed by atoms with Crippen molar-refractivity contribution in [2.24, 2.45) is 10.9 Å². The summed E-state index contributed by atoms with van der Waals surface area (Å²) in [5, 5.41) is 7.30. The molecule has 2 fully saturated rings. The Kier molecular flexibility index (Phi) is 10.2. The second-order valence-electron chi connectivity index (χ2n) is 9.75. The number of piperidine rings is 1. The van der Waals surface area contributed by atoms with Crippen molar-refractivity contribution in [1.29, 1.82) is 0 Å². The molecule has 2 N–H and O–H groups in total. The highest BCUT2D eigenvalue weighted by molar-refractivity contribution is 14.0. The first-order chi connectivity index (χ1) is 15.6. The molecule has 4 rings (SSSR count). The Morgan fingerprint density at radius 3 is 2.52 bits per heavy atom. The maximum absolute atomic E-state index is 12.1.